The standard InChI is InChI=1S/C11H21N3S.HI/c1-3-12-11(13-8-9-15-2)14-10-6-4-5-7-10;/h4-5,10H,3,6-9H2,1-2H3,(H2,12,13,14);1H. The third-order valence-electron chi connectivity index (χ3n) is 2.26. The molecule has 94 valence electrons. The highest BCUT2D eigenvalue weighted by atomic mass is 127. The predicted octanol–water partition coefficient (Wildman–Crippen LogP) is 2.24. The number of nitrogens with zero attached hydrogens (tertiary/aromatic N) is 1. The fourth-order valence-corrected chi connectivity index (χ4v) is 1.77. The molecule has 0 saturated heterocycles. The van der Waals surface area contributed by atoms with Gasteiger partial charge in [0.15, 0.2) is 5.96 Å². The van der Waals surface area contributed by atoms with Crippen LogP contribution in [0.25, 0.3) is 0 Å². The van der Waals surface area contributed by atoms with Gasteiger partial charge in [-0.2, -0.15) is 11.8 Å². The minimum atomic E-state index is 0. The molecule has 1 rings (SSSR count). The number of halogens is 1. The zero-order valence-corrected chi connectivity index (χ0v) is 13.2. The fraction of sp³-hybridized carbons (Fsp3) is 0.727. The lowest BCUT2D eigenvalue weighted by Crippen LogP contribution is -2.42. The normalized spacial score (nSPS) is 16.0. The van der Waals surface area contributed by atoms with Crippen molar-refractivity contribution in [2.75, 3.05) is 25.1 Å². The first-order valence-corrected chi connectivity index (χ1v) is 6.95. The molecule has 0 radical (unpaired) electrons. The van der Waals surface area contributed by atoms with Crippen LogP contribution in [0.5, 0.6) is 0 Å². The number of nitrogens with one attached hydrogen (secondary N) is 2. The third kappa shape index (κ3) is 6.62. The van der Waals surface area contributed by atoms with E-state index >= 15 is 0 Å². The molecule has 0 fully saturated rings. The van der Waals surface area contributed by atoms with Crippen LogP contribution in [-0.4, -0.2) is 37.1 Å². The molecule has 0 spiro atoms. The Morgan fingerprint density at radius 3 is 2.69 bits per heavy atom. The Hall–Kier alpha value is 0.0900. The fourth-order valence-electron chi connectivity index (χ4n) is 1.50. The van der Waals surface area contributed by atoms with Gasteiger partial charge >= 0.3 is 0 Å². The summed E-state index contributed by atoms with van der Waals surface area (Å²) in [6.07, 6.45) is 8.79. The average molecular weight is 355 g/mol. The van der Waals surface area contributed by atoms with Crippen molar-refractivity contribution < 1.29 is 0 Å². The van der Waals surface area contributed by atoms with Crippen LogP contribution in [0, 0.1) is 0 Å². The second-order valence-corrected chi connectivity index (χ2v) is 4.52. The molecule has 0 saturated carbocycles. The van der Waals surface area contributed by atoms with Crippen molar-refractivity contribution in [1.29, 1.82) is 0 Å². The van der Waals surface area contributed by atoms with E-state index in [1.807, 2.05) is 11.8 Å². The Bertz CT molecular complexity index is 223. The van der Waals surface area contributed by atoms with Crippen molar-refractivity contribution in [3.63, 3.8) is 0 Å². The van der Waals surface area contributed by atoms with E-state index < -0.39 is 0 Å². The highest BCUT2D eigenvalue weighted by Gasteiger charge is 2.10. The molecule has 0 aliphatic heterocycles. The van der Waals surface area contributed by atoms with Gasteiger partial charge in [0.2, 0.25) is 0 Å². The number of guanidine groups is 1. The molecule has 0 aromatic heterocycles. The molecule has 0 aromatic carbocycles. The highest BCUT2D eigenvalue weighted by Crippen LogP contribution is 2.08. The topological polar surface area (TPSA) is 36.4 Å². The van der Waals surface area contributed by atoms with Gasteiger partial charge in [-0.25, -0.2) is 0 Å². The predicted molar refractivity (Wildman–Crippen MR) is 85.1 cm³/mol. The summed E-state index contributed by atoms with van der Waals surface area (Å²) in [4.78, 5) is 4.51. The summed E-state index contributed by atoms with van der Waals surface area (Å²) >= 11 is 1.83. The Morgan fingerprint density at radius 2 is 2.12 bits per heavy atom. The van der Waals surface area contributed by atoms with Gasteiger partial charge in [0.25, 0.3) is 0 Å². The molecule has 5 heteroatoms. The van der Waals surface area contributed by atoms with E-state index in [0.717, 1.165) is 37.6 Å². The Labute approximate surface area is 120 Å². The van der Waals surface area contributed by atoms with Crippen LogP contribution in [0.4, 0.5) is 0 Å². The first-order chi connectivity index (χ1) is 7.36. The minimum Gasteiger partial charge on any atom is -0.357 e. The van der Waals surface area contributed by atoms with Crippen molar-refractivity contribution in [1.82, 2.24) is 10.6 Å². The number of aliphatic imine (C=N–C) groups is 1. The maximum absolute atomic E-state index is 4.51. The second kappa shape index (κ2) is 10.3. The second-order valence-electron chi connectivity index (χ2n) is 3.54. The lowest BCUT2D eigenvalue weighted by Gasteiger charge is -2.16. The number of hydrogen-bond donors (Lipinski definition) is 2. The summed E-state index contributed by atoms with van der Waals surface area (Å²) in [5.41, 5.74) is 0. The van der Waals surface area contributed by atoms with Crippen LogP contribution in [0.1, 0.15) is 19.8 Å². The van der Waals surface area contributed by atoms with Crippen molar-refractivity contribution >= 4 is 41.7 Å². The maximum atomic E-state index is 4.51. The van der Waals surface area contributed by atoms with E-state index in [0.29, 0.717) is 6.04 Å². The highest BCUT2D eigenvalue weighted by molar-refractivity contribution is 14.0. The Kier molecular flexibility index (Phi) is 10.3. The molecule has 0 amide bonds. The first-order valence-electron chi connectivity index (χ1n) is 5.55. The van der Waals surface area contributed by atoms with Gasteiger partial charge < -0.3 is 10.6 Å². The van der Waals surface area contributed by atoms with Gasteiger partial charge in [-0.05, 0) is 26.0 Å². The third-order valence-corrected chi connectivity index (χ3v) is 2.85. The van der Waals surface area contributed by atoms with Crippen LogP contribution >= 0.6 is 35.7 Å². The molecule has 1 aliphatic rings. The van der Waals surface area contributed by atoms with Crippen LogP contribution in [0.3, 0.4) is 0 Å². The van der Waals surface area contributed by atoms with E-state index in [-0.39, 0.29) is 24.0 Å². The number of thioether (sulfide) groups is 1. The summed E-state index contributed by atoms with van der Waals surface area (Å²) < 4.78 is 0. The lowest BCUT2D eigenvalue weighted by atomic mass is 10.2. The van der Waals surface area contributed by atoms with Gasteiger partial charge in [-0.3, -0.25) is 4.99 Å². The van der Waals surface area contributed by atoms with Crippen molar-refractivity contribution in [2.24, 2.45) is 4.99 Å². The molecule has 3 nitrogen and oxygen atoms in total. The maximum Gasteiger partial charge on any atom is 0.191 e. The Morgan fingerprint density at radius 1 is 1.44 bits per heavy atom. The van der Waals surface area contributed by atoms with Crippen LogP contribution in [-0.2, 0) is 0 Å². The summed E-state index contributed by atoms with van der Waals surface area (Å²) in [5.74, 6) is 2.04. The molecule has 0 atom stereocenters. The quantitative estimate of drug-likeness (QED) is 0.261. The van der Waals surface area contributed by atoms with Gasteiger partial charge in [0.05, 0.1) is 6.54 Å². The lowest BCUT2D eigenvalue weighted by molar-refractivity contribution is 0.634. The van der Waals surface area contributed by atoms with Crippen LogP contribution in [0.15, 0.2) is 17.1 Å². The van der Waals surface area contributed by atoms with E-state index in [2.05, 4.69) is 41.0 Å². The summed E-state index contributed by atoms with van der Waals surface area (Å²) in [5, 5.41) is 6.71. The van der Waals surface area contributed by atoms with Gasteiger partial charge in [-0.1, -0.05) is 12.2 Å². The van der Waals surface area contributed by atoms with Crippen LogP contribution < -0.4 is 10.6 Å². The average Bonchev–Trinajstić information content (AvgIpc) is 2.71. The summed E-state index contributed by atoms with van der Waals surface area (Å²) in [6.45, 7) is 3.90. The van der Waals surface area contributed by atoms with E-state index in [1.165, 1.54) is 0 Å². The summed E-state index contributed by atoms with van der Waals surface area (Å²) in [6, 6.07) is 0.539. The van der Waals surface area contributed by atoms with Crippen molar-refractivity contribution in [3.05, 3.63) is 12.2 Å². The molecule has 2 N–H and O–H groups in total. The molecule has 0 heterocycles. The first kappa shape index (κ1) is 16.1. The van der Waals surface area contributed by atoms with Crippen molar-refractivity contribution in [2.45, 2.75) is 25.8 Å². The zero-order chi connectivity index (χ0) is 10.9. The summed E-state index contributed by atoms with van der Waals surface area (Å²) in [7, 11) is 0. The molecule has 0 bridgehead atoms. The number of rotatable bonds is 5. The Balaban J connectivity index is 0.00000225. The smallest absolute Gasteiger partial charge is 0.191 e. The monoisotopic (exact) mass is 355 g/mol. The molecular weight excluding hydrogens is 333 g/mol. The largest absolute Gasteiger partial charge is 0.357 e. The van der Waals surface area contributed by atoms with E-state index in [1.54, 1.807) is 0 Å². The van der Waals surface area contributed by atoms with E-state index in [9.17, 15) is 0 Å². The minimum absolute atomic E-state index is 0. The van der Waals surface area contributed by atoms with E-state index in [4.69, 9.17) is 0 Å². The van der Waals surface area contributed by atoms with Crippen LogP contribution in [0.2, 0.25) is 0 Å². The zero-order valence-electron chi connectivity index (χ0n) is 10.0. The number of hydrogen-bond acceptors (Lipinski definition) is 2. The molecule has 0 aromatic rings. The van der Waals surface area contributed by atoms with Crippen molar-refractivity contribution in [3.8, 4) is 0 Å². The van der Waals surface area contributed by atoms with Gasteiger partial charge in [-0.15, -0.1) is 24.0 Å². The van der Waals surface area contributed by atoms with Gasteiger partial charge in [0, 0.05) is 18.3 Å². The molecule has 1 aliphatic carbocycles. The molecule has 16 heavy (non-hydrogen) atoms. The molecular formula is C11H22IN3S. The SMILES string of the molecule is CCNC(=NCCSC)NC1CC=CC1.I. The van der Waals surface area contributed by atoms with Gasteiger partial charge in [0.1, 0.15) is 0 Å². The molecule has 0 unspecified atom stereocenters.